The van der Waals surface area contributed by atoms with E-state index in [0.717, 1.165) is 11.3 Å². The summed E-state index contributed by atoms with van der Waals surface area (Å²) in [6.07, 6.45) is 1.65. The third-order valence-corrected chi connectivity index (χ3v) is 4.58. The van der Waals surface area contributed by atoms with Crippen LogP contribution >= 0.6 is 11.6 Å². The van der Waals surface area contributed by atoms with E-state index in [1.54, 1.807) is 23.0 Å². The number of rotatable bonds is 4. The van der Waals surface area contributed by atoms with E-state index in [4.69, 9.17) is 11.6 Å². The van der Waals surface area contributed by atoms with E-state index in [1.807, 2.05) is 14.0 Å². The Hall–Kier alpha value is -1.37. The van der Waals surface area contributed by atoms with Gasteiger partial charge in [-0.25, -0.2) is 13.1 Å². The van der Waals surface area contributed by atoms with Gasteiger partial charge in [-0.1, -0.05) is 11.6 Å². The zero-order chi connectivity index (χ0) is 14.0. The monoisotopic (exact) mass is 299 g/mol. The van der Waals surface area contributed by atoms with Crippen LogP contribution in [-0.2, 0) is 23.6 Å². The predicted octanol–water partition coefficient (Wildman–Crippen LogP) is 1.86. The van der Waals surface area contributed by atoms with Gasteiger partial charge in [0, 0.05) is 29.9 Å². The Morgan fingerprint density at radius 2 is 1.95 bits per heavy atom. The molecule has 7 heteroatoms. The summed E-state index contributed by atoms with van der Waals surface area (Å²) in [4.78, 5) is 0.193. The molecule has 0 spiro atoms. The summed E-state index contributed by atoms with van der Waals surface area (Å²) in [6.45, 7) is 2.10. The van der Waals surface area contributed by atoms with Gasteiger partial charge in [0.25, 0.3) is 0 Å². The standard InChI is InChI=1S/C12H14ClN3O2S/c1-9-10(7-14-16(9)2)8-15-19(17,18)12-5-3-11(13)4-6-12/h3-7,15H,8H2,1-2H3. The van der Waals surface area contributed by atoms with Crippen LogP contribution in [0.15, 0.2) is 35.4 Å². The minimum absolute atomic E-state index is 0.193. The fraction of sp³-hybridized carbons (Fsp3) is 0.250. The summed E-state index contributed by atoms with van der Waals surface area (Å²) >= 11 is 5.73. The minimum Gasteiger partial charge on any atom is -0.273 e. The molecule has 0 bridgehead atoms. The Morgan fingerprint density at radius 3 is 2.47 bits per heavy atom. The molecule has 2 aromatic rings. The SMILES string of the molecule is Cc1c(CNS(=O)(=O)c2ccc(Cl)cc2)cnn1C. The Labute approximate surface area is 117 Å². The first kappa shape index (κ1) is 14.0. The second-order valence-electron chi connectivity index (χ2n) is 4.16. The Morgan fingerprint density at radius 1 is 1.32 bits per heavy atom. The largest absolute Gasteiger partial charge is 0.273 e. The van der Waals surface area contributed by atoms with Crippen molar-refractivity contribution in [2.24, 2.45) is 7.05 Å². The number of nitrogens with zero attached hydrogens (tertiary/aromatic N) is 2. The van der Waals surface area contributed by atoms with Gasteiger partial charge in [-0.2, -0.15) is 5.10 Å². The lowest BCUT2D eigenvalue weighted by atomic mass is 10.3. The molecule has 0 saturated carbocycles. The molecule has 0 aliphatic heterocycles. The Kier molecular flexibility index (Phi) is 3.93. The fourth-order valence-corrected chi connectivity index (χ4v) is 2.72. The highest BCUT2D eigenvalue weighted by Crippen LogP contribution is 2.14. The highest BCUT2D eigenvalue weighted by Gasteiger charge is 2.14. The first-order valence-corrected chi connectivity index (χ1v) is 7.49. The maximum absolute atomic E-state index is 12.1. The van der Waals surface area contributed by atoms with E-state index in [2.05, 4.69) is 9.82 Å². The third-order valence-electron chi connectivity index (χ3n) is 2.91. The summed E-state index contributed by atoms with van der Waals surface area (Å²) in [5, 5.41) is 4.57. The van der Waals surface area contributed by atoms with E-state index in [1.165, 1.54) is 12.1 Å². The fourth-order valence-electron chi connectivity index (χ4n) is 1.59. The van der Waals surface area contributed by atoms with E-state index in [9.17, 15) is 8.42 Å². The summed E-state index contributed by atoms with van der Waals surface area (Å²) in [7, 11) is -1.72. The molecule has 1 aromatic carbocycles. The lowest BCUT2D eigenvalue weighted by molar-refractivity contribution is 0.581. The van der Waals surface area contributed by atoms with Gasteiger partial charge in [0.2, 0.25) is 10.0 Å². The molecule has 0 amide bonds. The molecular weight excluding hydrogens is 286 g/mol. The molecule has 1 heterocycles. The van der Waals surface area contributed by atoms with Gasteiger partial charge in [-0.15, -0.1) is 0 Å². The molecule has 1 N–H and O–H groups in total. The molecule has 0 aliphatic carbocycles. The average Bonchev–Trinajstić information content (AvgIpc) is 2.68. The molecule has 5 nitrogen and oxygen atoms in total. The lowest BCUT2D eigenvalue weighted by Gasteiger charge is -2.06. The van der Waals surface area contributed by atoms with Crippen LogP contribution < -0.4 is 4.72 Å². The van der Waals surface area contributed by atoms with Gasteiger partial charge in [0.1, 0.15) is 0 Å². The maximum atomic E-state index is 12.1. The van der Waals surface area contributed by atoms with Crippen molar-refractivity contribution in [1.29, 1.82) is 0 Å². The average molecular weight is 300 g/mol. The zero-order valence-electron chi connectivity index (χ0n) is 10.6. The molecule has 0 fully saturated rings. The van der Waals surface area contributed by atoms with Gasteiger partial charge in [0.05, 0.1) is 11.1 Å². The number of aryl methyl sites for hydroxylation is 1. The van der Waals surface area contributed by atoms with Crippen molar-refractivity contribution in [3.8, 4) is 0 Å². The number of halogens is 1. The molecule has 0 atom stereocenters. The first-order chi connectivity index (χ1) is 8.90. The Bertz CT molecular complexity index is 678. The number of benzene rings is 1. The van der Waals surface area contributed by atoms with Crippen LogP contribution in [0.25, 0.3) is 0 Å². The highest BCUT2D eigenvalue weighted by molar-refractivity contribution is 7.89. The van der Waals surface area contributed by atoms with Gasteiger partial charge >= 0.3 is 0 Å². The zero-order valence-corrected chi connectivity index (χ0v) is 12.2. The molecule has 19 heavy (non-hydrogen) atoms. The molecule has 102 valence electrons. The van der Waals surface area contributed by atoms with E-state index in [-0.39, 0.29) is 11.4 Å². The highest BCUT2D eigenvalue weighted by atomic mass is 35.5. The quantitative estimate of drug-likeness (QED) is 0.937. The molecule has 0 aliphatic rings. The number of sulfonamides is 1. The first-order valence-electron chi connectivity index (χ1n) is 5.63. The van der Waals surface area contributed by atoms with Crippen molar-refractivity contribution < 1.29 is 8.42 Å². The van der Waals surface area contributed by atoms with Gasteiger partial charge in [-0.05, 0) is 31.2 Å². The topological polar surface area (TPSA) is 64.0 Å². The molecular formula is C12H14ClN3O2S. The predicted molar refractivity (Wildman–Crippen MR) is 73.4 cm³/mol. The molecule has 1 aromatic heterocycles. The van der Waals surface area contributed by atoms with Crippen LogP contribution in [0.4, 0.5) is 0 Å². The van der Waals surface area contributed by atoms with Crippen LogP contribution in [-0.4, -0.2) is 18.2 Å². The van der Waals surface area contributed by atoms with Gasteiger partial charge in [-0.3, -0.25) is 4.68 Å². The van der Waals surface area contributed by atoms with Crippen molar-refractivity contribution in [2.45, 2.75) is 18.4 Å². The number of hydrogen-bond acceptors (Lipinski definition) is 3. The Balaban J connectivity index is 2.14. The second-order valence-corrected chi connectivity index (χ2v) is 6.36. The van der Waals surface area contributed by atoms with Crippen molar-refractivity contribution in [3.63, 3.8) is 0 Å². The van der Waals surface area contributed by atoms with Crippen LogP contribution in [0.5, 0.6) is 0 Å². The summed E-state index contributed by atoms with van der Waals surface area (Å²) < 4.78 is 28.3. The summed E-state index contributed by atoms with van der Waals surface area (Å²) in [5.41, 5.74) is 1.78. The van der Waals surface area contributed by atoms with Crippen LogP contribution in [0.2, 0.25) is 5.02 Å². The molecule has 2 rings (SSSR count). The number of hydrogen-bond donors (Lipinski definition) is 1. The van der Waals surface area contributed by atoms with E-state index < -0.39 is 10.0 Å². The smallest absolute Gasteiger partial charge is 0.240 e. The van der Waals surface area contributed by atoms with Crippen molar-refractivity contribution >= 4 is 21.6 Å². The van der Waals surface area contributed by atoms with Crippen molar-refractivity contribution in [1.82, 2.24) is 14.5 Å². The second kappa shape index (κ2) is 5.32. The van der Waals surface area contributed by atoms with Crippen LogP contribution in [0.1, 0.15) is 11.3 Å². The van der Waals surface area contributed by atoms with Gasteiger partial charge in [0.15, 0.2) is 0 Å². The summed E-state index contributed by atoms with van der Waals surface area (Å²) in [6, 6.07) is 6.04. The maximum Gasteiger partial charge on any atom is 0.240 e. The van der Waals surface area contributed by atoms with Crippen LogP contribution in [0.3, 0.4) is 0 Å². The normalized spacial score (nSPS) is 11.7. The molecule has 0 radical (unpaired) electrons. The van der Waals surface area contributed by atoms with Crippen molar-refractivity contribution in [3.05, 3.63) is 46.7 Å². The number of aromatic nitrogens is 2. The van der Waals surface area contributed by atoms with E-state index in [0.29, 0.717) is 5.02 Å². The molecule has 0 saturated heterocycles. The molecule has 0 unspecified atom stereocenters. The minimum atomic E-state index is -3.53. The third kappa shape index (κ3) is 3.15. The number of nitrogens with one attached hydrogen (secondary N) is 1. The van der Waals surface area contributed by atoms with Gasteiger partial charge < -0.3 is 0 Å². The summed E-state index contributed by atoms with van der Waals surface area (Å²) in [5.74, 6) is 0. The van der Waals surface area contributed by atoms with Crippen molar-refractivity contribution in [2.75, 3.05) is 0 Å². The van der Waals surface area contributed by atoms with E-state index >= 15 is 0 Å². The lowest BCUT2D eigenvalue weighted by Crippen LogP contribution is -2.23. The van der Waals surface area contributed by atoms with Crippen LogP contribution in [0, 0.1) is 6.92 Å².